The third-order valence-electron chi connectivity index (χ3n) is 2.77. The van der Waals surface area contributed by atoms with Gasteiger partial charge in [0.1, 0.15) is 0 Å². The van der Waals surface area contributed by atoms with Crippen molar-refractivity contribution in [1.29, 1.82) is 0 Å². The van der Waals surface area contributed by atoms with Crippen molar-refractivity contribution in [3.63, 3.8) is 0 Å². The Labute approximate surface area is 119 Å². The van der Waals surface area contributed by atoms with Crippen molar-refractivity contribution in [3.05, 3.63) is 47.8 Å². The van der Waals surface area contributed by atoms with Gasteiger partial charge < -0.3 is 0 Å². The molecular formula is C13H9FN4OSe. The van der Waals surface area contributed by atoms with E-state index in [2.05, 4.69) is 13.2 Å². The molecule has 7 heteroatoms. The minimum atomic E-state index is -0.652. The molecule has 2 aromatic rings. The molecule has 0 fully saturated rings. The van der Waals surface area contributed by atoms with Crippen LogP contribution in [0, 0.1) is 5.82 Å². The Kier molecular flexibility index (Phi) is 3.21. The number of nitrogen functional groups attached to an aromatic ring is 1. The molecule has 1 amide bonds. The van der Waals surface area contributed by atoms with Gasteiger partial charge in [0.2, 0.25) is 0 Å². The zero-order chi connectivity index (χ0) is 14.1. The summed E-state index contributed by atoms with van der Waals surface area (Å²) < 4.78 is 22.2. The Hall–Kier alpha value is -2.24. The molecule has 0 bridgehead atoms. The molecule has 0 aromatic heterocycles. The number of fused-ring (bicyclic) bond motifs is 1. The van der Waals surface area contributed by atoms with Crippen LogP contribution in [0.5, 0.6) is 0 Å². The Balaban J connectivity index is 1.91. The van der Waals surface area contributed by atoms with Crippen LogP contribution in [0.15, 0.2) is 44.3 Å². The number of anilines is 2. The molecule has 100 valence electrons. The summed E-state index contributed by atoms with van der Waals surface area (Å²) in [5.41, 5.74) is 7.61. The van der Waals surface area contributed by atoms with Crippen molar-refractivity contribution in [2.24, 2.45) is 7.92 Å². The number of hydrogen-bond acceptors (Lipinski definition) is 4. The molecule has 1 heterocycles. The molecule has 0 radical (unpaired) electrons. The number of nitrogens with two attached hydrogens (primary N) is 1. The molecule has 3 N–H and O–H groups in total. The number of nitrogens with zero attached hydrogens (tertiary/aromatic N) is 2. The molecular weight excluding hydrogens is 326 g/mol. The summed E-state index contributed by atoms with van der Waals surface area (Å²) in [7, 11) is 0. The number of nitrogens with one attached hydrogen (secondary N) is 1. The second-order valence-corrected chi connectivity index (χ2v) is 5.24. The second-order valence-electron chi connectivity index (χ2n) is 4.13. The van der Waals surface area contributed by atoms with Gasteiger partial charge in [0.05, 0.1) is 0 Å². The van der Waals surface area contributed by atoms with E-state index in [1.54, 1.807) is 12.1 Å². The molecule has 0 atom stereocenters. The Bertz CT molecular complexity index is 784. The van der Waals surface area contributed by atoms with Gasteiger partial charge in [0.15, 0.2) is 0 Å². The molecule has 0 spiro atoms. The molecule has 5 nitrogen and oxygen atoms in total. The number of hydrogen-bond donors (Lipinski definition) is 2. The molecule has 1 aliphatic heterocycles. The van der Waals surface area contributed by atoms with Gasteiger partial charge in [0, 0.05) is 0 Å². The standard InChI is InChI=1S/C13H9FN4OSe/c14-9-6-7(15)4-5-8(9)13(19)16-10-2-1-3-11-12(10)18-20-17-11/h1-6H,15H2,(H,16,19). The third kappa shape index (κ3) is 2.29. The van der Waals surface area contributed by atoms with Crippen LogP contribution in [0.3, 0.4) is 0 Å². The van der Waals surface area contributed by atoms with E-state index in [-0.39, 0.29) is 25.8 Å². The van der Waals surface area contributed by atoms with Gasteiger partial charge in [-0.2, -0.15) is 0 Å². The van der Waals surface area contributed by atoms with E-state index in [9.17, 15) is 9.18 Å². The fraction of sp³-hybridized carbons (Fsp3) is 0. The van der Waals surface area contributed by atoms with Gasteiger partial charge >= 0.3 is 119 Å². The van der Waals surface area contributed by atoms with E-state index in [1.165, 1.54) is 12.1 Å². The first-order chi connectivity index (χ1) is 9.65. The van der Waals surface area contributed by atoms with Gasteiger partial charge in [-0.15, -0.1) is 0 Å². The topological polar surface area (TPSA) is 79.8 Å². The van der Waals surface area contributed by atoms with E-state index in [4.69, 9.17) is 5.73 Å². The summed E-state index contributed by atoms with van der Waals surface area (Å²) in [5, 5.41) is 2.66. The van der Waals surface area contributed by atoms with E-state index >= 15 is 0 Å². The number of benzene rings is 2. The van der Waals surface area contributed by atoms with Crippen LogP contribution in [-0.2, 0) is 0 Å². The van der Waals surface area contributed by atoms with Crippen LogP contribution >= 0.6 is 0 Å². The molecule has 0 saturated carbocycles. The number of rotatable bonds is 2. The van der Waals surface area contributed by atoms with Gasteiger partial charge in [-0.1, -0.05) is 0 Å². The number of carbonyl (C=O) groups excluding carboxylic acids is 1. The summed E-state index contributed by atoms with van der Waals surface area (Å²) >= 11 is -0.185. The first kappa shape index (κ1) is 12.8. The van der Waals surface area contributed by atoms with E-state index in [1.807, 2.05) is 6.07 Å². The predicted molar refractivity (Wildman–Crippen MR) is 75.1 cm³/mol. The maximum absolute atomic E-state index is 13.7. The number of amides is 1. The van der Waals surface area contributed by atoms with Crippen molar-refractivity contribution in [2.75, 3.05) is 11.1 Å². The minimum absolute atomic E-state index is 0.0581. The van der Waals surface area contributed by atoms with Crippen LogP contribution in [-0.4, -0.2) is 20.5 Å². The van der Waals surface area contributed by atoms with Crippen LogP contribution < -0.4 is 11.1 Å². The first-order valence-electron chi connectivity index (χ1n) is 5.73. The van der Waals surface area contributed by atoms with Gasteiger partial charge in [0.25, 0.3) is 0 Å². The van der Waals surface area contributed by atoms with Crippen molar-refractivity contribution >= 4 is 43.2 Å². The quantitative estimate of drug-likeness (QED) is 0.558. The van der Waals surface area contributed by atoms with E-state index < -0.39 is 11.7 Å². The summed E-state index contributed by atoms with van der Waals surface area (Å²) in [6, 6.07) is 9.27. The van der Waals surface area contributed by atoms with Crippen LogP contribution in [0.2, 0.25) is 0 Å². The van der Waals surface area contributed by atoms with Crippen LogP contribution in [0.25, 0.3) is 0 Å². The zero-order valence-corrected chi connectivity index (χ0v) is 11.8. The maximum atomic E-state index is 13.7. The van der Waals surface area contributed by atoms with Crippen LogP contribution in [0.4, 0.5) is 27.1 Å². The second kappa shape index (κ2) is 5.03. The summed E-state index contributed by atoms with van der Waals surface area (Å²) in [6.07, 6.45) is 0. The molecule has 2 aromatic carbocycles. The van der Waals surface area contributed by atoms with Crippen molar-refractivity contribution in [1.82, 2.24) is 0 Å². The number of halogens is 1. The van der Waals surface area contributed by atoms with E-state index in [0.717, 1.165) is 11.8 Å². The zero-order valence-electron chi connectivity index (χ0n) is 10.1. The molecule has 0 aliphatic carbocycles. The molecule has 0 unspecified atom stereocenters. The van der Waals surface area contributed by atoms with Gasteiger partial charge in [-0.25, -0.2) is 0 Å². The van der Waals surface area contributed by atoms with Crippen molar-refractivity contribution < 1.29 is 9.18 Å². The molecule has 1 aliphatic rings. The van der Waals surface area contributed by atoms with Crippen molar-refractivity contribution in [2.45, 2.75) is 0 Å². The first-order valence-corrected chi connectivity index (χ1v) is 7.26. The normalized spacial score (nSPS) is 11.8. The third-order valence-corrected chi connectivity index (χ3v) is 3.91. The Morgan fingerprint density at radius 3 is 2.90 bits per heavy atom. The SMILES string of the molecule is Nc1ccc(C(=O)Nc2cccc3c2N=[Se]=N3)c(F)c1. The Morgan fingerprint density at radius 2 is 2.10 bits per heavy atom. The summed E-state index contributed by atoms with van der Waals surface area (Å²) in [4.78, 5) is 12.1. The van der Waals surface area contributed by atoms with Gasteiger partial charge in [-0.3, -0.25) is 0 Å². The molecule has 0 saturated heterocycles. The average Bonchev–Trinajstić information content (AvgIpc) is 2.87. The van der Waals surface area contributed by atoms with E-state index in [0.29, 0.717) is 11.4 Å². The summed E-state index contributed by atoms with van der Waals surface area (Å²) in [5.74, 6) is -1.19. The van der Waals surface area contributed by atoms with Crippen LogP contribution in [0.1, 0.15) is 10.4 Å². The molecule has 20 heavy (non-hydrogen) atoms. The van der Waals surface area contributed by atoms with Gasteiger partial charge in [-0.05, 0) is 0 Å². The monoisotopic (exact) mass is 336 g/mol. The Morgan fingerprint density at radius 1 is 1.25 bits per heavy atom. The predicted octanol–water partition coefficient (Wildman–Crippen LogP) is 3.01. The summed E-state index contributed by atoms with van der Waals surface area (Å²) in [6.45, 7) is 0. The average molecular weight is 335 g/mol. The fourth-order valence-corrected chi connectivity index (χ4v) is 2.97. The number of carbonyl (C=O) groups is 1. The van der Waals surface area contributed by atoms with Crippen molar-refractivity contribution in [3.8, 4) is 0 Å². The molecule has 3 rings (SSSR count). The fourth-order valence-electron chi connectivity index (χ4n) is 1.81.